The predicted molar refractivity (Wildman–Crippen MR) is 73.0 cm³/mol. The molecule has 2 rings (SSSR count). The maximum absolute atomic E-state index is 12.0. The van der Waals surface area contributed by atoms with Crippen molar-refractivity contribution in [3.05, 3.63) is 29.0 Å². The summed E-state index contributed by atoms with van der Waals surface area (Å²) >= 11 is 5.69. The molecule has 1 aromatic rings. The molecule has 1 aliphatic rings. The average molecular weight is 298 g/mol. The number of rotatable bonds is 5. The topological polar surface area (TPSA) is 94.3 Å². The predicted octanol–water partition coefficient (Wildman–Crippen LogP) is 0.284. The number of hydrogen-bond donors (Lipinski definition) is 2. The minimum Gasteiger partial charge on any atom is -0.381 e. The zero-order chi connectivity index (χ0) is 14.5. The average Bonchev–Trinajstić information content (AvgIpc) is 2.94. The molecule has 1 aromatic heterocycles. The molecular weight excluding hydrogens is 282 g/mol. The Balaban J connectivity index is 1.98. The summed E-state index contributed by atoms with van der Waals surface area (Å²) in [6.45, 7) is 0.959. The van der Waals surface area contributed by atoms with E-state index in [2.05, 4.69) is 10.3 Å². The first-order valence-electron chi connectivity index (χ1n) is 6.34. The monoisotopic (exact) mass is 297 g/mol. The number of carbonyl (C=O) groups excluding carboxylic acids is 2. The Hall–Kier alpha value is -1.66. The normalized spacial score (nSPS) is 19.6. The lowest BCUT2D eigenvalue weighted by molar-refractivity contribution is -0.129. The van der Waals surface area contributed by atoms with Crippen molar-refractivity contribution >= 4 is 23.4 Å². The third-order valence-corrected chi connectivity index (χ3v) is 3.41. The third kappa shape index (κ3) is 3.91. The highest BCUT2D eigenvalue weighted by atomic mass is 35.5. The van der Waals surface area contributed by atoms with Crippen LogP contribution >= 0.6 is 11.6 Å². The molecule has 0 bridgehead atoms. The van der Waals surface area contributed by atoms with Gasteiger partial charge in [0.25, 0.3) is 0 Å². The van der Waals surface area contributed by atoms with Crippen molar-refractivity contribution in [3.8, 4) is 0 Å². The summed E-state index contributed by atoms with van der Waals surface area (Å²) in [5, 5.41) is 3.04. The van der Waals surface area contributed by atoms with Crippen LogP contribution < -0.4 is 11.1 Å². The van der Waals surface area contributed by atoms with E-state index < -0.39 is 11.9 Å². The van der Waals surface area contributed by atoms with Gasteiger partial charge >= 0.3 is 0 Å². The van der Waals surface area contributed by atoms with Crippen molar-refractivity contribution in [3.63, 3.8) is 0 Å². The van der Waals surface area contributed by atoms with Gasteiger partial charge in [0.05, 0.1) is 12.5 Å². The van der Waals surface area contributed by atoms with Crippen LogP contribution in [0.4, 0.5) is 0 Å². The second-order valence-corrected chi connectivity index (χ2v) is 5.10. The van der Waals surface area contributed by atoms with E-state index in [0.29, 0.717) is 31.2 Å². The minimum absolute atomic E-state index is 0.201. The molecule has 7 heteroatoms. The largest absolute Gasteiger partial charge is 0.381 e. The van der Waals surface area contributed by atoms with Crippen molar-refractivity contribution in [2.75, 3.05) is 13.2 Å². The molecule has 1 aliphatic heterocycles. The molecule has 108 valence electrons. The Morgan fingerprint density at radius 2 is 2.35 bits per heavy atom. The molecule has 0 unspecified atom stereocenters. The lowest BCUT2D eigenvalue weighted by Crippen LogP contribution is -2.48. The van der Waals surface area contributed by atoms with Gasteiger partial charge in [-0.25, -0.2) is 4.98 Å². The van der Waals surface area contributed by atoms with Crippen LogP contribution in [0.3, 0.4) is 0 Å². The highest BCUT2D eigenvalue weighted by Crippen LogP contribution is 2.13. The van der Waals surface area contributed by atoms with Crippen LogP contribution in [-0.4, -0.2) is 36.1 Å². The number of nitrogens with zero attached hydrogens (tertiary/aromatic N) is 1. The van der Waals surface area contributed by atoms with E-state index >= 15 is 0 Å². The Morgan fingerprint density at radius 3 is 2.90 bits per heavy atom. The Labute approximate surface area is 121 Å². The van der Waals surface area contributed by atoms with Gasteiger partial charge in [0.15, 0.2) is 0 Å². The number of carbonyl (C=O) groups is 2. The number of nitrogens with two attached hydrogens (primary N) is 1. The SMILES string of the molecule is NC(=O)[C@H](Cc1ccc(Cl)nc1)NC(=O)[C@@H]1CCOC1. The van der Waals surface area contributed by atoms with Gasteiger partial charge < -0.3 is 15.8 Å². The highest BCUT2D eigenvalue weighted by molar-refractivity contribution is 6.29. The number of pyridine rings is 1. The van der Waals surface area contributed by atoms with Crippen LogP contribution in [0.15, 0.2) is 18.3 Å². The van der Waals surface area contributed by atoms with E-state index in [9.17, 15) is 9.59 Å². The van der Waals surface area contributed by atoms with Crippen LogP contribution in [-0.2, 0) is 20.7 Å². The van der Waals surface area contributed by atoms with Gasteiger partial charge in [0, 0.05) is 19.2 Å². The Morgan fingerprint density at radius 1 is 1.55 bits per heavy atom. The molecule has 2 amide bonds. The maximum Gasteiger partial charge on any atom is 0.240 e. The first kappa shape index (κ1) is 14.7. The molecule has 2 heterocycles. The molecule has 0 aliphatic carbocycles. The number of amides is 2. The van der Waals surface area contributed by atoms with E-state index in [1.807, 2.05) is 0 Å². The molecule has 1 saturated heterocycles. The molecule has 0 saturated carbocycles. The van der Waals surface area contributed by atoms with Gasteiger partial charge in [-0.3, -0.25) is 9.59 Å². The van der Waals surface area contributed by atoms with Gasteiger partial charge in [-0.05, 0) is 18.1 Å². The lowest BCUT2D eigenvalue weighted by Gasteiger charge is -2.17. The first-order chi connectivity index (χ1) is 9.56. The van der Waals surface area contributed by atoms with Crippen molar-refractivity contribution in [2.45, 2.75) is 18.9 Å². The van der Waals surface area contributed by atoms with E-state index in [1.54, 1.807) is 18.3 Å². The summed E-state index contributed by atoms with van der Waals surface area (Å²) in [6.07, 6.45) is 2.52. The van der Waals surface area contributed by atoms with Crippen molar-refractivity contribution in [2.24, 2.45) is 11.7 Å². The molecule has 1 fully saturated rings. The number of aromatic nitrogens is 1. The summed E-state index contributed by atoms with van der Waals surface area (Å²) in [7, 11) is 0. The number of nitrogens with one attached hydrogen (secondary N) is 1. The minimum atomic E-state index is -0.758. The number of hydrogen-bond acceptors (Lipinski definition) is 4. The fourth-order valence-corrected chi connectivity index (χ4v) is 2.13. The summed E-state index contributed by atoms with van der Waals surface area (Å²) in [5.74, 6) is -0.986. The van der Waals surface area contributed by atoms with Gasteiger partial charge in [0.1, 0.15) is 11.2 Å². The smallest absolute Gasteiger partial charge is 0.240 e. The van der Waals surface area contributed by atoms with Crippen molar-refractivity contribution in [1.29, 1.82) is 0 Å². The first-order valence-corrected chi connectivity index (χ1v) is 6.72. The molecule has 2 atom stereocenters. The van der Waals surface area contributed by atoms with Crippen LogP contribution in [0.2, 0.25) is 5.15 Å². The van der Waals surface area contributed by atoms with Crippen LogP contribution in [0.1, 0.15) is 12.0 Å². The molecular formula is C13H16ClN3O3. The van der Waals surface area contributed by atoms with Crippen LogP contribution in [0.25, 0.3) is 0 Å². The summed E-state index contributed by atoms with van der Waals surface area (Å²) in [6, 6.07) is 2.61. The molecule has 6 nitrogen and oxygen atoms in total. The number of ether oxygens (including phenoxy) is 1. The maximum atomic E-state index is 12.0. The lowest BCUT2D eigenvalue weighted by atomic mass is 10.0. The fraction of sp³-hybridized carbons (Fsp3) is 0.462. The Kier molecular flexibility index (Phi) is 4.92. The van der Waals surface area contributed by atoms with Gasteiger partial charge in [-0.2, -0.15) is 0 Å². The molecule has 20 heavy (non-hydrogen) atoms. The fourth-order valence-electron chi connectivity index (χ4n) is 2.02. The highest BCUT2D eigenvalue weighted by Gasteiger charge is 2.27. The van der Waals surface area contributed by atoms with E-state index in [4.69, 9.17) is 22.1 Å². The molecule has 0 aromatic carbocycles. The Bertz CT molecular complexity index is 486. The van der Waals surface area contributed by atoms with Gasteiger partial charge in [0.2, 0.25) is 11.8 Å². The van der Waals surface area contributed by atoms with E-state index in [-0.39, 0.29) is 11.8 Å². The third-order valence-electron chi connectivity index (χ3n) is 3.19. The van der Waals surface area contributed by atoms with E-state index in [0.717, 1.165) is 5.56 Å². The standard InChI is InChI=1S/C13H16ClN3O3/c14-11-2-1-8(6-16-11)5-10(12(15)18)17-13(19)9-3-4-20-7-9/h1-2,6,9-10H,3-5,7H2,(H2,15,18)(H,17,19)/t9-,10+/m1/s1. The summed E-state index contributed by atoms with van der Waals surface area (Å²) in [5.41, 5.74) is 6.11. The molecule has 0 radical (unpaired) electrons. The quantitative estimate of drug-likeness (QED) is 0.764. The molecule has 0 spiro atoms. The summed E-state index contributed by atoms with van der Waals surface area (Å²) in [4.78, 5) is 27.3. The van der Waals surface area contributed by atoms with Crippen molar-refractivity contribution < 1.29 is 14.3 Å². The number of primary amides is 1. The second-order valence-electron chi connectivity index (χ2n) is 4.72. The summed E-state index contributed by atoms with van der Waals surface area (Å²) < 4.78 is 5.15. The zero-order valence-electron chi connectivity index (χ0n) is 10.8. The zero-order valence-corrected chi connectivity index (χ0v) is 11.6. The van der Waals surface area contributed by atoms with Crippen LogP contribution in [0, 0.1) is 5.92 Å². The van der Waals surface area contributed by atoms with Gasteiger partial charge in [-0.15, -0.1) is 0 Å². The van der Waals surface area contributed by atoms with Crippen molar-refractivity contribution in [1.82, 2.24) is 10.3 Å². The van der Waals surface area contributed by atoms with E-state index in [1.165, 1.54) is 0 Å². The second kappa shape index (κ2) is 6.67. The number of halogens is 1. The van der Waals surface area contributed by atoms with Gasteiger partial charge in [-0.1, -0.05) is 17.7 Å². The van der Waals surface area contributed by atoms with Crippen LogP contribution in [0.5, 0.6) is 0 Å². The molecule has 3 N–H and O–H groups in total.